The minimum Gasteiger partial charge on any atom is -0.507 e. The quantitative estimate of drug-likeness (QED) is 0.433. The van der Waals surface area contributed by atoms with E-state index in [2.05, 4.69) is 6.92 Å². The Labute approximate surface area is 176 Å². The summed E-state index contributed by atoms with van der Waals surface area (Å²) in [5.41, 5.74) is 1.72. The van der Waals surface area contributed by atoms with Gasteiger partial charge in [0.1, 0.15) is 22.6 Å². The van der Waals surface area contributed by atoms with Crippen LogP contribution in [0.2, 0.25) is 0 Å². The largest absolute Gasteiger partial charge is 0.507 e. The van der Waals surface area contributed by atoms with Crippen LogP contribution in [0.1, 0.15) is 88.4 Å². The number of phenols is 2. The Morgan fingerprint density at radius 2 is 1.27 bits per heavy atom. The molecule has 6 heteroatoms. The van der Waals surface area contributed by atoms with Gasteiger partial charge in [-0.3, -0.25) is 0 Å². The lowest BCUT2D eigenvalue weighted by atomic mass is 9.75. The maximum atomic E-state index is 11.7. The first-order chi connectivity index (χ1) is 14.1. The first-order valence-corrected chi connectivity index (χ1v) is 10.3. The van der Waals surface area contributed by atoms with Crippen molar-refractivity contribution in [3.05, 3.63) is 57.6 Å². The third-order valence-corrected chi connectivity index (χ3v) is 5.62. The lowest BCUT2D eigenvalue weighted by molar-refractivity contribution is 0.0682. The van der Waals surface area contributed by atoms with E-state index >= 15 is 0 Å². The zero-order valence-corrected chi connectivity index (χ0v) is 17.9. The van der Waals surface area contributed by atoms with E-state index in [0.717, 1.165) is 25.7 Å². The summed E-state index contributed by atoms with van der Waals surface area (Å²) in [6.07, 6.45) is 3.40. The van der Waals surface area contributed by atoms with Crippen molar-refractivity contribution in [2.75, 3.05) is 0 Å². The van der Waals surface area contributed by atoms with Gasteiger partial charge in [-0.2, -0.15) is 0 Å². The van der Waals surface area contributed by atoms with Gasteiger partial charge < -0.3 is 20.4 Å². The zero-order valence-electron chi connectivity index (χ0n) is 17.9. The van der Waals surface area contributed by atoms with Gasteiger partial charge in [-0.25, -0.2) is 9.59 Å². The van der Waals surface area contributed by atoms with Gasteiger partial charge in [0.05, 0.1) is 0 Å². The number of carboxylic acids is 2. The molecular formula is C24H30O6. The van der Waals surface area contributed by atoms with Crippen molar-refractivity contribution in [3.63, 3.8) is 0 Å². The highest BCUT2D eigenvalue weighted by Crippen LogP contribution is 2.46. The fourth-order valence-electron chi connectivity index (χ4n) is 4.16. The molecule has 2 aromatic rings. The van der Waals surface area contributed by atoms with Gasteiger partial charge in [-0.1, -0.05) is 45.2 Å². The number of hydrogen-bond donors (Lipinski definition) is 4. The molecule has 0 radical (unpaired) electrons. The molecule has 1 atom stereocenters. The van der Waals surface area contributed by atoms with Crippen LogP contribution in [0, 0.1) is 19.8 Å². The molecule has 0 heterocycles. The van der Waals surface area contributed by atoms with E-state index in [1.165, 1.54) is 12.1 Å². The van der Waals surface area contributed by atoms with Crippen molar-refractivity contribution in [2.24, 2.45) is 5.92 Å². The van der Waals surface area contributed by atoms with Crippen LogP contribution in [0.15, 0.2) is 24.3 Å². The van der Waals surface area contributed by atoms with Crippen LogP contribution in [0.5, 0.6) is 11.5 Å². The number of unbranched alkanes of at least 4 members (excludes halogenated alkanes) is 1. The predicted octanol–water partition coefficient (Wildman–Crippen LogP) is 5.46. The van der Waals surface area contributed by atoms with E-state index in [4.69, 9.17) is 0 Å². The molecule has 2 aromatic carbocycles. The van der Waals surface area contributed by atoms with Crippen LogP contribution in [0.25, 0.3) is 0 Å². The van der Waals surface area contributed by atoms with Crippen LogP contribution < -0.4 is 0 Å². The predicted molar refractivity (Wildman–Crippen MR) is 115 cm³/mol. The second-order valence-corrected chi connectivity index (χ2v) is 7.90. The minimum absolute atomic E-state index is 0.0198. The molecule has 4 N–H and O–H groups in total. The SMILES string of the molecule is CCCCC(CC)C(c1cc(C)cc(C(=O)O)c1O)c1cc(C)cc(C(=O)O)c1O. The third-order valence-electron chi connectivity index (χ3n) is 5.62. The van der Waals surface area contributed by atoms with Crippen LogP contribution in [-0.2, 0) is 0 Å². The van der Waals surface area contributed by atoms with Crippen molar-refractivity contribution in [1.29, 1.82) is 0 Å². The topological polar surface area (TPSA) is 115 Å². The molecule has 0 aliphatic carbocycles. The first-order valence-electron chi connectivity index (χ1n) is 10.3. The molecule has 0 aliphatic heterocycles. The molecular weight excluding hydrogens is 384 g/mol. The van der Waals surface area contributed by atoms with E-state index in [-0.39, 0.29) is 28.5 Å². The Balaban J connectivity index is 2.85. The van der Waals surface area contributed by atoms with Crippen molar-refractivity contribution >= 4 is 11.9 Å². The normalized spacial score (nSPS) is 12.2. The van der Waals surface area contributed by atoms with Crippen molar-refractivity contribution in [1.82, 2.24) is 0 Å². The first kappa shape index (κ1) is 23.3. The van der Waals surface area contributed by atoms with Crippen LogP contribution in [0.3, 0.4) is 0 Å². The highest BCUT2D eigenvalue weighted by molar-refractivity contribution is 5.93. The molecule has 0 saturated carbocycles. The number of hydrogen-bond acceptors (Lipinski definition) is 4. The molecule has 2 rings (SSSR count). The molecule has 0 aliphatic rings. The number of carboxylic acid groups (broad SMARTS) is 2. The molecule has 162 valence electrons. The highest BCUT2D eigenvalue weighted by atomic mass is 16.4. The fourth-order valence-corrected chi connectivity index (χ4v) is 4.16. The van der Waals surface area contributed by atoms with Gasteiger partial charge in [0.25, 0.3) is 0 Å². The smallest absolute Gasteiger partial charge is 0.339 e. The zero-order chi connectivity index (χ0) is 22.6. The number of aromatic hydroxyl groups is 2. The van der Waals surface area contributed by atoms with Crippen LogP contribution in [-0.4, -0.2) is 32.4 Å². The van der Waals surface area contributed by atoms with E-state index in [1.54, 1.807) is 26.0 Å². The molecule has 6 nitrogen and oxygen atoms in total. The van der Waals surface area contributed by atoms with Crippen molar-refractivity contribution in [2.45, 2.75) is 59.3 Å². The summed E-state index contributed by atoms with van der Waals surface area (Å²) < 4.78 is 0. The molecule has 0 aromatic heterocycles. The van der Waals surface area contributed by atoms with E-state index in [0.29, 0.717) is 22.3 Å². The Bertz CT molecular complexity index is 878. The molecule has 0 saturated heterocycles. The fraction of sp³-hybridized carbons (Fsp3) is 0.417. The minimum atomic E-state index is -1.24. The average Bonchev–Trinajstić information content (AvgIpc) is 2.68. The Morgan fingerprint density at radius 3 is 1.60 bits per heavy atom. The Kier molecular flexibility index (Phi) is 7.48. The summed E-state index contributed by atoms with van der Waals surface area (Å²) in [6.45, 7) is 7.57. The van der Waals surface area contributed by atoms with E-state index < -0.39 is 17.9 Å². The Hall–Kier alpha value is -3.02. The molecule has 1 unspecified atom stereocenters. The van der Waals surface area contributed by atoms with Gasteiger partial charge in [-0.15, -0.1) is 0 Å². The number of aromatic carboxylic acids is 2. The molecule has 0 fully saturated rings. The molecule has 0 spiro atoms. The maximum Gasteiger partial charge on any atom is 0.339 e. The number of carbonyl (C=O) groups is 2. The van der Waals surface area contributed by atoms with Crippen LogP contribution >= 0.6 is 0 Å². The third kappa shape index (κ3) is 4.75. The lowest BCUT2D eigenvalue weighted by Crippen LogP contribution is -2.17. The van der Waals surface area contributed by atoms with Gasteiger partial charge in [-0.05, 0) is 49.4 Å². The number of aryl methyl sites for hydroxylation is 2. The van der Waals surface area contributed by atoms with Gasteiger partial charge in [0.15, 0.2) is 0 Å². The summed E-state index contributed by atoms with van der Waals surface area (Å²) >= 11 is 0. The lowest BCUT2D eigenvalue weighted by Gasteiger charge is -2.30. The summed E-state index contributed by atoms with van der Waals surface area (Å²) in [7, 11) is 0. The molecule has 0 amide bonds. The maximum absolute atomic E-state index is 11.7. The summed E-state index contributed by atoms with van der Waals surface area (Å²) in [4.78, 5) is 23.3. The van der Waals surface area contributed by atoms with E-state index in [9.17, 15) is 30.0 Å². The summed E-state index contributed by atoms with van der Waals surface area (Å²) in [5.74, 6) is -3.72. The van der Waals surface area contributed by atoms with Crippen LogP contribution in [0.4, 0.5) is 0 Å². The molecule has 0 bridgehead atoms. The van der Waals surface area contributed by atoms with Crippen molar-refractivity contribution < 1.29 is 30.0 Å². The van der Waals surface area contributed by atoms with Crippen molar-refractivity contribution in [3.8, 4) is 11.5 Å². The Morgan fingerprint density at radius 1 is 0.833 bits per heavy atom. The molecule has 30 heavy (non-hydrogen) atoms. The summed E-state index contributed by atoms with van der Waals surface area (Å²) in [5, 5.41) is 40.8. The average molecular weight is 414 g/mol. The number of rotatable bonds is 9. The van der Waals surface area contributed by atoms with Gasteiger partial charge in [0.2, 0.25) is 0 Å². The number of benzene rings is 2. The standard InChI is InChI=1S/C24H30O6/c1-5-7-8-15(6-2)20(16-9-13(3)11-18(21(16)25)23(27)28)17-10-14(4)12-19(22(17)26)24(29)30/h9-12,15,20,25-26H,5-8H2,1-4H3,(H,27,28)(H,29,30). The van der Waals surface area contributed by atoms with E-state index in [1.807, 2.05) is 6.92 Å². The highest BCUT2D eigenvalue weighted by Gasteiger charge is 2.32. The van der Waals surface area contributed by atoms with Gasteiger partial charge >= 0.3 is 11.9 Å². The second kappa shape index (κ2) is 9.65. The van der Waals surface area contributed by atoms with Gasteiger partial charge in [0, 0.05) is 17.0 Å². The second-order valence-electron chi connectivity index (χ2n) is 7.90. The monoisotopic (exact) mass is 414 g/mol. The summed E-state index contributed by atoms with van der Waals surface area (Å²) in [6, 6.07) is 6.26.